The Morgan fingerprint density at radius 3 is 1.62 bits per heavy atom. The number of nitrogens with two attached hydrogens (primary N) is 3. The molecule has 0 bridgehead atoms. The van der Waals surface area contributed by atoms with Crippen molar-refractivity contribution in [3.63, 3.8) is 0 Å². The molecular formula is C10H17N3. The van der Waals surface area contributed by atoms with Gasteiger partial charge < -0.3 is 17.2 Å². The lowest BCUT2D eigenvalue weighted by Crippen LogP contribution is -2.13. The van der Waals surface area contributed by atoms with Crippen LogP contribution in [-0.2, 0) is 5.41 Å². The Bertz CT molecular complexity index is 300. The number of nitrogen functional groups attached to an aromatic ring is 3. The van der Waals surface area contributed by atoms with Crippen molar-refractivity contribution in [2.75, 3.05) is 17.2 Å². The van der Waals surface area contributed by atoms with E-state index in [1.807, 2.05) is 12.1 Å². The number of rotatable bonds is 0. The summed E-state index contributed by atoms with van der Waals surface area (Å²) in [5.74, 6) is 0. The van der Waals surface area contributed by atoms with Crippen LogP contribution in [0.3, 0.4) is 0 Å². The Balaban J connectivity index is 3.29. The van der Waals surface area contributed by atoms with Gasteiger partial charge in [-0.05, 0) is 23.1 Å². The molecule has 1 aromatic carbocycles. The Morgan fingerprint density at radius 2 is 1.31 bits per heavy atom. The topological polar surface area (TPSA) is 78.1 Å². The largest absolute Gasteiger partial charge is 0.397 e. The van der Waals surface area contributed by atoms with Crippen molar-refractivity contribution in [3.8, 4) is 0 Å². The molecule has 1 aromatic rings. The van der Waals surface area contributed by atoms with Crippen LogP contribution in [-0.4, -0.2) is 0 Å². The van der Waals surface area contributed by atoms with Crippen LogP contribution in [0.15, 0.2) is 12.1 Å². The van der Waals surface area contributed by atoms with E-state index in [1.165, 1.54) is 0 Å². The average Bonchev–Trinajstić information content (AvgIpc) is 1.97. The predicted octanol–water partition coefficient (Wildman–Crippen LogP) is 1.73. The van der Waals surface area contributed by atoms with E-state index in [9.17, 15) is 0 Å². The van der Waals surface area contributed by atoms with Crippen LogP contribution in [0.25, 0.3) is 0 Å². The molecule has 0 aromatic heterocycles. The highest BCUT2D eigenvalue weighted by Crippen LogP contribution is 2.31. The van der Waals surface area contributed by atoms with E-state index in [-0.39, 0.29) is 5.41 Å². The van der Waals surface area contributed by atoms with E-state index in [1.54, 1.807) is 0 Å². The molecule has 0 aliphatic heterocycles. The smallest absolute Gasteiger partial charge is 0.0781 e. The highest BCUT2D eigenvalue weighted by Gasteiger charge is 2.15. The zero-order chi connectivity index (χ0) is 10.2. The fourth-order valence-electron chi connectivity index (χ4n) is 1.13. The summed E-state index contributed by atoms with van der Waals surface area (Å²) < 4.78 is 0. The Hall–Kier alpha value is -1.38. The molecule has 0 unspecified atom stereocenters. The van der Waals surface area contributed by atoms with Crippen molar-refractivity contribution in [2.24, 2.45) is 0 Å². The first-order chi connectivity index (χ1) is 5.82. The second-order valence-corrected chi connectivity index (χ2v) is 4.32. The molecular weight excluding hydrogens is 162 g/mol. The first-order valence-corrected chi connectivity index (χ1v) is 4.27. The van der Waals surface area contributed by atoms with E-state index >= 15 is 0 Å². The normalized spacial score (nSPS) is 11.6. The summed E-state index contributed by atoms with van der Waals surface area (Å²) >= 11 is 0. The summed E-state index contributed by atoms with van der Waals surface area (Å²) in [5.41, 5.74) is 19.8. The van der Waals surface area contributed by atoms with Crippen molar-refractivity contribution in [3.05, 3.63) is 17.7 Å². The SMILES string of the molecule is CC(C)(C)c1cc(N)c(N)c(N)c1. The lowest BCUT2D eigenvalue weighted by atomic mass is 9.86. The molecule has 0 aliphatic carbocycles. The van der Waals surface area contributed by atoms with Crippen LogP contribution in [0.2, 0.25) is 0 Å². The third-order valence-electron chi connectivity index (χ3n) is 2.11. The molecule has 3 nitrogen and oxygen atoms in total. The van der Waals surface area contributed by atoms with E-state index in [0.29, 0.717) is 17.1 Å². The highest BCUT2D eigenvalue weighted by molar-refractivity contribution is 5.78. The molecule has 72 valence electrons. The summed E-state index contributed by atoms with van der Waals surface area (Å²) in [6, 6.07) is 3.76. The molecule has 0 fully saturated rings. The van der Waals surface area contributed by atoms with Gasteiger partial charge in [-0.15, -0.1) is 0 Å². The summed E-state index contributed by atoms with van der Waals surface area (Å²) in [6.45, 7) is 6.33. The maximum atomic E-state index is 5.71. The molecule has 0 spiro atoms. The van der Waals surface area contributed by atoms with Gasteiger partial charge in [-0.1, -0.05) is 20.8 Å². The molecule has 1 rings (SSSR count). The highest BCUT2D eigenvalue weighted by atomic mass is 14.7. The zero-order valence-corrected chi connectivity index (χ0v) is 8.39. The van der Waals surface area contributed by atoms with Gasteiger partial charge in [0.2, 0.25) is 0 Å². The molecule has 3 heteroatoms. The number of benzene rings is 1. The first kappa shape index (κ1) is 9.71. The van der Waals surface area contributed by atoms with Gasteiger partial charge in [-0.25, -0.2) is 0 Å². The van der Waals surface area contributed by atoms with E-state index < -0.39 is 0 Å². The first-order valence-electron chi connectivity index (χ1n) is 4.27. The maximum absolute atomic E-state index is 5.71. The van der Waals surface area contributed by atoms with Crippen LogP contribution >= 0.6 is 0 Å². The third-order valence-corrected chi connectivity index (χ3v) is 2.11. The molecule has 0 aliphatic rings. The average molecular weight is 179 g/mol. The Labute approximate surface area is 78.9 Å². The van der Waals surface area contributed by atoms with Crippen molar-refractivity contribution in [1.29, 1.82) is 0 Å². The van der Waals surface area contributed by atoms with E-state index in [0.717, 1.165) is 5.56 Å². The Kier molecular flexibility index (Phi) is 2.12. The molecule has 13 heavy (non-hydrogen) atoms. The molecule has 0 radical (unpaired) electrons. The van der Waals surface area contributed by atoms with Crippen molar-refractivity contribution < 1.29 is 0 Å². The van der Waals surface area contributed by atoms with Crippen molar-refractivity contribution in [2.45, 2.75) is 26.2 Å². The van der Waals surface area contributed by atoms with Crippen LogP contribution in [0, 0.1) is 0 Å². The van der Waals surface area contributed by atoms with Gasteiger partial charge in [-0.3, -0.25) is 0 Å². The number of hydrogen-bond donors (Lipinski definition) is 3. The summed E-state index contributed by atoms with van der Waals surface area (Å²) in [7, 11) is 0. The van der Waals surface area contributed by atoms with Crippen molar-refractivity contribution >= 4 is 17.1 Å². The van der Waals surface area contributed by atoms with E-state index in [2.05, 4.69) is 20.8 Å². The molecule has 6 N–H and O–H groups in total. The molecule has 0 saturated carbocycles. The lowest BCUT2D eigenvalue weighted by Gasteiger charge is -2.20. The van der Waals surface area contributed by atoms with Crippen LogP contribution < -0.4 is 17.2 Å². The molecule has 0 heterocycles. The fourth-order valence-corrected chi connectivity index (χ4v) is 1.13. The zero-order valence-electron chi connectivity index (χ0n) is 8.39. The second kappa shape index (κ2) is 2.83. The lowest BCUT2D eigenvalue weighted by molar-refractivity contribution is 0.591. The third kappa shape index (κ3) is 1.86. The minimum Gasteiger partial charge on any atom is -0.397 e. The fraction of sp³-hybridized carbons (Fsp3) is 0.400. The van der Waals surface area contributed by atoms with Gasteiger partial charge in [0.25, 0.3) is 0 Å². The predicted molar refractivity (Wildman–Crippen MR) is 58.4 cm³/mol. The molecule has 0 amide bonds. The van der Waals surface area contributed by atoms with E-state index in [4.69, 9.17) is 17.2 Å². The van der Waals surface area contributed by atoms with Crippen LogP contribution in [0.1, 0.15) is 26.3 Å². The summed E-state index contributed by atoms with van der Waals surface area (Å²) in [6.07, 6.45) is 0. The van der Waals surface area contributed by atoms with Gasteiger partial charge in [0.1, 0.15) is 0 Å². The minimum absolute atomic E-state index is 0.0515. The monoisotopic (exact) mass is 179 g/mol. The standard InChI is InChI=1S/C10H17N3/c1-10(2,3)6-4-7(11)9(13)8(12)5-6/h4-5H,11-13H2,1-3H3. The summed E-state index contributed by atoms with van der Waals surface area (Å²) in [4.78, 5) is 0. The number of hydrogen-bond acceptors (Lipinski definition) is 3. The summed E-state index contributed by atoms with van der Waals surface area (Å²) in [5, 5.41) is 0. The van der Waals surface area contributed by atoms with Gasteiger partial charge in [-0.2, -0.15) is 0 Å². The van der Waals surface area contributed by atoms with Crippen LogP contribution in [0.5, 0.6) is 0 Å². The van der Waals surface area contributed by atoms with Gasteiger partial charge in [0, 0.05) is 0 Å². The van der Waals surface area contributed by atoms with Crippen LogP contribution in [0.4, 0.5) is 17.1 Å². The second-order valence-electron chi connectivity index (χ2n) is 4.32. The quantitative estimate of drug-likeness (QED) is 0.531. The van der Waals surface area contributed by atoms with Gasteiger partial charge >= 0.3 is 0 Å². The van der Waals surface area contributed by atoms with Gasteiger partial charge in [0.15, 0.2) is 0 Å². The van der Waals surface area contributed by atoms with Crippen molar-refractivity contribution in [1.82, 2.24) is 0 Å². The maximum Gasteiger partial charge on any atom is 0.0781 e. The minimum atomic E-state index is 0.0515. The number of anilines is 3. The van der Waals surface area contributed by atoms with Gasteiger partial charge in [0.05, 0.1) is 17.1 Å². The molecule has 0 saturated heterocycles. The molecule has 0 atom stereocenters. The Morgan fingerprint density at radius 1 is 0.923 bits per heavy atom.